The molecule has 3 rings (SSSR count). The highest BCUT2D eigenvalue weighted by molar-refractivity contribution is 5.93. The molecule has 1 saturated carbocycles. The van der Waals surface area contributed by atoms with Gasteiger partial charge in [-0.2, -0.15) is 0 Å². The Kier molecular flexibility index (Phi) is 3.25. The molecule has 0 bridgehead atoms. The Bertz CT molecular complexity index is 581. The molecule has 0 spiro atoms. The van der Waals surface area contributed by atoms with E-state index in [-0.39, 0.29) is 6.61 Å². The molecule has 0 amide bonds. The van der Waals surface area contributed by atoms with Gasteiger partial charge in [-0.1, -0.05) is 0 Å². The number of ether oxygens (including phenoxy) is 1. The molecule has 2 aromatic rings. The fourth-order valence-electron chi connectivity index (χ4n) is 2.45. The first-order valence-electron chi connectivity index (χ1n) is 6.63. The zero-order chi connectivity index (χ0) is 13.2. The number of aliphatic hydroxyl groups is 1. The SMILES string of the molecule is COc1ccc2c(N(CCO)C3CC3)nccc2c1. The predicted octanol–water partition coefficient (Wildman–Crippen LogP) is 2.20. The molecular weight excluding hydrogens is 240 g/mol. The number of aliphatic hydroxyl groups excluding tert-OH is 1. The van der Waals surface area contributed by atoms with Crippen LogP contribution in [-0.2, 0) is 0 Å². The minimum atomic E-state index is 0.157. The summed E-state index contributed by atoms with van der Waals surface area (Å²) in [6, 6.07) is 8.55. The van der Waals surface area contributed by atoms with E-state index in [0.29, 0.717) is 12.6 Å². The van der Waals surface area contributed by atoms with Crippen molar-refractivity contribution in [1.29, 1.82) is 0 Å². The molecule has 4 nitrogen and oxygen atoms in total. The third kappa shape index (κ3) is 2.36. The number of benzene rings is 1. The Morgan fingerprint density at radius 2 is 2.21 bits per heavy atom. The summed E-state index contributed by atoms with van der Waals surface area (Å²) in [7, 11) is 1.67. The average Bonchev–Trinajstić information content (AvgIpc) is 3.28. The lowest BCUT2D eigenvalue weighted by Gasteiger charge is -2.24. The van der Waals surface area contributed by atoms with Crippen molar-refractivity contribution in [2.75, 3.05) is 25.2 Å². The standard InChI is InChI=1S/C15H18N2O2/c1-19-13-4-5-14-11(10-13)6-7-16-15(14)17(8-9-18)12-2-3-12/h4-7,10,12,18H,2-3,8-9H2,1H3. The lowest BCUT2D eigenvalue weighted by atomic mass is 10.1. The lowest BCUT2D eigenvalue weighted by Crippen LogP contribution is -2.29. The van der Waals surface area contributed by atoms with Gasteiger partial charge in [0.05, 0.1) is 13.7 Å². The summed E-state index contributed by atoms with van der Waals surface area (Å²) in [6.07, 6.45) is 4.20. The van der Waals surface area contributed by atoms with Crippen molar-refractivity contribution in [3.8, 4) is 5.75 Å². The molecule has 100 valence electrons. The third-order valence-electron chi connectivity index (χ3n) is 3.55. The van der Waals surface area contributed by atoms with Crippen LogP contribution < -0.4 is 9.64 Å². The molecule has 0 atom stereocenters. The van der Waals surface area contributed by atoms with Crippen molar-refractivity contribution in [2.45, 2.75) is 18.9 Å². The van der Waals surface area contributed by atoms with Crippen LogP contribution in [0.3, 0.4) is 0 Å². The summed E-state index contributed by atoms with van der Waals surface area (Å²) in [5.41, 5.74) is 0. The summed E-state index contributed by atoms with van der Waals surface area (Å²) in [5, 5.41) is 11.5. The van der Waals surface area contributed by atoms with E-state index in [1.807, 2.05) is 30.5 Å². The normalized spacial score (nSPS) is 14.6. The van der Waals surface area contributed by atoms with Gasteiger partial charge in [-0.05, 0) is 42.5 Å². The zero-order valence-corrected chi connectivity index (χ0v) is 11.0. The predicted molar refractivity (Wildman–Crippen MR) is 75.7 cm³/mol. The highest BCUT2D eigenvalue weighted by Crippen LogP contribution is 2.34. The first kappa shape index (κ1) is 12.2. The molecule has 1 N–H and O–H groups in total. The summed E-state index contributed by atoms with van der Waals surface area (Å²) >= 11 is 0. The summed E-state index contributed by atoms with van der Waals surface area (Å²) in [4.78, 5) is 6.73. The van der Waals surface area contributed by atoms with Gasteiger partial charge in [0.2, 0.25) is 0 Å². The van der Waals surface area contributed by atoms with Crippen molar-refractivity contribution >= 4 is 16.6 Å². The van der Waals surface area contributed by atoms with E-state index in [9.17, 15) is 5.11 Å². The fourth-order valence-corrected chi connectivity index (χ4v) is 2.45. The monoisotopic (exact) mass is 258 g/mol. The second-order valence-electron chi connectivity index (χ2n) is 4.87. The van der Waals surface area contributed by atoms with E-state index < -0.39 is 0 Å². The van der Waals surface area contributed by atoms with Crippen LogP contribution in [0.1, 0.15) is 12.8 Å². The van der Waals surface area contributed by atoms with Crippen molar-refractivity contribution < 1.29 is 9.84 Å². The summed E-state index contributed by atoms with van der Waals surface area (Å²) in [5.74, 6) is 1.82. The molecule has 4 heteroatoms. The Hall–Kier alpha value is -1.81. The van der Waals surface area contributed by atoms with Crippen molar-refractivity contribution in [3.63, 3.8) is 0 Å². The van der Waals surface area contributed by atoms with Gasteiger partial charge in [0, 0.05) is 24.2 Å². The molecule has 0 radical (unpaired) electrons. The molecule has 0 unspecified atom stereocenters. The van der Waals surface area contributed by atoms with Crippen LogP contribution in [0.5, 0.6) is 5.75 Å². The molecule has 1 aliphatic rings. The Morgan fingerprint density at radius 1 is 1.37 bits per heavy atom. The van der Waals surface area contributed by atoms with Crippen LogP contribution >= 0.6 is 0 Å². The first-order valence-corrected chi connectivity index (χ1v) is 6.63. The Balaban J connectivity index is 2.06. The fraction of sp³-hybridized carbons (Fsp3) is 0.400. The quantitative estimate of drug-likeness (QED) is 0.893. The van der Waals surface area contributed by atoms with Gasteiger partial charge in [-0.15, -0.1) is 0 Å². The summed E-state index contributed by atoms with van der Waals surface area (Å²) < 4.78 is 5.26. The average molecular weight is 258 g/mol. The lowest BCUT2D eigenvalue weighted by molar-refractivity contribution is 0.301. The van der Waals surface area contributed by atoms with Crippen molar-refractivity contribution in [2.24, 2.45) is 0 Å². The molecule has 1 aromatic heterocycles. The van der Waals surface area contributed by atoms with Gasteiger partial charge in [-0.3, -0.25) is 0 Å². The number of aromatic nitrogens is 1. The maximum Gasteiger partial charge on any atom is 0.136 e. The largest absolute Gasteiger partial charge is 0.497 e. The molecule has 19 heavy (non-hydrogen) atoms. The van der Waals surface area contributed by atoms with E-state index in [4.69, 9.17) is 4.74 Å². The van der Waals surface area contributed by atoms with Crippen molar-refractivity contribution in [1.82, 2.24) is 4.98 Å². The van der Waals surface area contributed by atoms with E-state index in [1.165, 1.54) is 12.8 Å². The molecule has 0 aliphatic heterocycles. The smallest absolute Gasteiger partial charge is 0.136 e. The van der Waals surface area contributed by atoms with Gasteiger partial charge in [-0.25, -0.2) is 4.98 Å². The highest BCUT2D eigenvalue weighted by Gasteiger charge is 2.30. The minimum absolute atomic E-state index is 0.157. The van der Waals surface area contributed by atoms with E-state index in [1.54, 1.807) is 7.11 Å². The zero-order valence-electron chi connectivity index (χ0n) is 11.0. The number of rotatable bonds is 5. The second-order valence-corrected chi connectivity index (χ2v) is 4.87. The number of hydrogen-bond donors (Lipinski definition) is 1. The van der Waals surface area contributed by atoms with Crippen molar-refractivity contribution in [3.05, 3.63) is 30.5 Å². The highest BCUT2D eigenvalue weighted by atomic mass is 16.5. The van der Waals surface area contributed by atoms with Crippen LogP contribution in [0, 0.1) is 0 Å². The van der Waals surface area contributed by atoms with Gasteiger partial charge >= 0.3 is 0 Å². The number of anilines is 1. The maximum atomic E-state index is 9.24. The van der Waals surface area contributed by atoms with Gasteiger partial charge in [0.1, 0.15) is 11.6 Å². The van der Waals surface area contributed by atoms with Crippen LogP contribution in [0.15, 0.2) is 30.5 Å². The molecular formula is C15H18N2O2. The molecule has 1 heterocycles. The first-order chi connectivity index (χ1) is 9.33. The number of nitrogens with zero attached hydrogens (tertiary/aromatic N) is 2. The van der Waals surface area contributed by atoms with Crippen LogP contribution in [0.4, 0.5) is 5.82 Å². The Morgan fingerprint density at radius 3 is 2.89 bits per heavy atom. The number of fused-ring (bicyclic) bond motifs is 1. The Labute approximate surface area is 112 Å². The molecule has 1 aromatic carbocycles. The number of hydrogen-bond acceptors (Lipinski definition) is 4. The molecule has 1 aliphatic carbocycles. The van der Waals surface area contributed by atoms with Gasteiger partial charge in [0.25, 0.3) is 0 Å². The maximum absolute atomic E-state index is 9.24. The molecule has 1 fully saturated rings. The van der Waals surface area contributed by atoms with E-state index >= 15 is 0 Å². The molecule has 0 saturated heterocycles. The third-order valence-corrected chi connectivity index (χ3v) is 3.55. The minimum Gasteiger partial charge on any atom is -0.497 e. The summed E-state index contributed by atoms with van der Waals surface area (Å²) in [6.45, 7) is 0.799. The van der Waals surface area contributed by atoms with Gasteiger partial charge < -0.3 is 14.7 Å². The van der Waals surface area contributed by atoms with E-state index in [2.05, 4.69) is 9.88 Å². The topological polar surface area (TPSA) is 45.6 Å². The second kappa shape index (κ2) is 5.05. The number of pyridine rings is 1. The van der Waals surface area contributed by atoms with Gasteiger partial charge in [0.15, 0.2) is 0 Å². The van der Waals surface area contributed by atoms with Crippen LogP contribution in [-0.4, -0.2) is 36.4 Å². The van der Waals surface area contributed by atoms with Crippen LogP contribution in [0.2, 0.25) is 0 Å². The number of methoxy groups -OCH3 is 1. The van der Waals surface area contributed by atoms with Crippen LogP contribution in [0.25, 0.3) is 10.8 Å². The van der Waals surface area contributed by atoms with E-state index in [0.717, 1.165) is 22.3 Å².